The Kier molecular flexibility index (Phi) is 3.33. The molecule has 0 spiro atoms. The van der Waals surface area contributed by atoms with E-state index < -0.39 is 9.84 Å². The Labute approximate surface area is 96.2 Å². The van der Waals surface area contributed by atoms with Crippen LogP contribution in [0.3, 0.4) is 0 Å². The molecule has 5 nitrogen and oxygen atoms in total. The Morgan fingerprint density at radius 2 is 2.00 bits per heavy atom. The van der Waals surface area contributed by atoms with Crippen LogP contribution in [-0.4, -0.2) is 25.7 Å². The lowest BCUT2D eigenvalue weighted by atomic mass is 10.0. The third-order valence-corrected chi connectivity index (χ3v) is 4.67. The van der Waals surface area contributed by atoms with Crippen LogP contribution in [0.25, 0.3) is 0 Å². The van der Waals surface area contributed by atoms with Crippen LogP contribution in [0.1, 0.15) is 34.1 Å². The fourth-order valence-electron chi connectivity index (χ4n) is 1.20. The quantitative estimate of drug-likeness (QED) is 0.784. The van der Waals surface area contributed by atoms with Gasteiger partial charge in [-0.3, -0.25) is 0 Å². The molecule has 0 aliphatic carbocycles. The first-order valence-corrected chi connectivity index (χ1v) is 6.85. The molecule has 2 amide bonds. The predicted octanol–water partition coefficient (Wildman–Crippen LogP) is 1.13. The lowest BCUT2D eigenvalue weighted by molar-refractivity contribution is 0.231. The molecule has 1 heterocycles. The van der Waals surface area contributed by atoms with Crippen molar-refractivity contribution in [2.24, 2.45) is 0 Å². The summed E-state index contributed by atoms with van der Waals surface area (Å²) in [5, 5.41) is 5.34. The number of rotatable bonds is 3. The lowest BCUT2D eigenvalue weighted by Crippen LogP contribution is -2.49. The maximum Gasteiger partial charge on any atom is 0.319 e. The summed E-state index contributed by atoms with van der Waals surface area (Å²) in [7, 11) is -3.07. The van der Waals surface area contributed by atoms with Gasteiger partial charge in [-0.2, -0.15) is 0 Å². The van der Waals surface area contributed by atoms with Crippen molar-refractivity contribution in [1.82, 2.24) is 10.6 Å². The maximum absolute atomic E-state index is 11.5. The van der Waals surface area contributed by atoms with Gasteiger partial charge in [0.15, 0.2) is 9.84 Å². The van der Waals surface area contributed by atoms with Crippen LogP contribution in [-0.2, 0) is 9.84 Å². The summed E-state index contributed by atoms with van der Waals surface area (Å²) in [6.45, 7) is 7.29. The van der Waals surface area contributed by atoms with Gasteiger partial charge in [-0.05, 0) is 27.2 Å². The minimum atomic E-state index is -3.07. The van der Waals surface area contributed by atoms with E-state index in [-0.39, 0.29) is 22.2 Å². The molecular formula is C10H18N2O3S. The first-order chi connectivity index (χ1) is 7.18. The van der Waals surface area contributed by atoms with E-state index in [2.05, 4.69) is 10.6 Å². The highest BCUT2D eigenvalue weighted by atomic mass is 32.2. The van der Waals surface area contributed by atoms with Crippen LogP contribution in [0.4, 0.5) is 4.79 Å². The normalized spacial score (nSPS) is 19.0. The van der Waals surface area contributed by atoms with Gasteiger partial charge in [0.1, 0.15) is 0 Å². The van der Waals surface area contributed by atoms with Crippen LogP contribution < -0.4 is 10.6 Å². The van der Waals surface area contributed by atoms with Crippen LogP contribution >= 0.6 is 0 Å². The summed E-state index contributed by atoms with van der Waals surface area (Å²) < 4.78 is 22.2. The number of hydrogen-bond donors (Lipinski definition) is 2. The third-order valence-electron chi connectivity index (χ3n) is 2.83. The predicted molar refractivity (Wildman–Crippen MR) is 62.5 cm³/mol. The van der Waals surface area contributed by atoms with Crippen molar-refractivity contribution in [3.05, 3.63) is 10.6 Å². The van der Waals surface area contributed by atoms with Gasteiger partial charge in [0.25, 0.3) is 0 Å². The fourth-order valence-corrected chi connectivity index (χ4v) is 2.33. The third kappa shape index (κ3) is 2.75. The van der Waals surface area contributed by atoms with Crippen molar-refractivity contribution in [3.63, 3.8) is 0 Å². The first kappa shape index (κ1) is 13.0. The summed E-state index contributed by atoms with van der Waals surface area (Å²) in [6, 6.07) is -0.351. The Morgan fingerprint density at radius 3 is 2.38 bits per heavy atom. The van der Waals surface area contributed by atoms with E-state index >= 15 is 0 Å². The molecule has 0 aromatic carbocycles. The Hall–Kier alpha value is -1.04. The van der Waals surface area contributed by atoms with Crippen molar-refractivity contribution in [2.75, 3.05) is 5.75 Å². The van der Waals surface area contributed by atoms with E-state index in [0.29, 0.717) is 5.70 Å². The number of amides is 2. The maximum atomic E-state index is 11.5. The number of sulfone groups is 1. The van der Waals surface area contributed by atoms with E-state index in [9.17, 15) is 13.2 Å². The summed E-state index contributed by atoms with van der Waals surface area (Å²) >= 11 is 0. The highest BCUT2D eigenvalue weighted by molar-refractivity contribution is 7.96. The molecule has 2 N–H and O–H groups in total. The van der Waals surface area contributed by atoms with E-state index in [1.807, 2.05) is 20.8 Å². The van der Waals surface area contributed by atoms with Crippen molar-refractivity contribution >= 4 is 15.9 Å². The van der Waals surface area contributed by atoms with Crippen LogP contribution in [0.2, 0.25) is 0 Å². The minimum absolute atomic E-state index is 0.0706. The van der Waals surface area contributed by atoms with E-state index in [0.717, 1.165) is 6.42 Å². The molecule has 0 aromatic heterocycles. The fraction of sp³-hybridized carbons (Fsp3) is 0.700. The van der Waals surface area contributed by atoms with E-state index in [4.69, 9.17) is 0 Å². The first-order valence-electron chi connectivity index (χ1n) is 5.19. The lowest BCUT2D eigenvalue weighted by Gasteiger charge is -2.27. The second-order valence-corrected chi connectivity index (χ2v) is 6.74. The van der Waals surface area contributed by atoms with Gasteiger partial charge in [-0.1, -0.05) is 6.92 Å². The van der Waals surface area contributed by atoms with E-state index in [1.165, 1.54) is 6.92 Å². The topological polar surface area (TPSA) is 75.3 Å². The number of allylic oxidation sites excluding steroid dienone is 1. The van der Waals surface area contributed by atoms with Crippen molar-refractivity contribution in [1.29, 1.82) is 0 Å². The second-order valence-electron chi connectivity index (χ2n) is 4.61. The zero-order valence-electron chi connectivity index (χ0n) is 10.0. The van der Waals surface area contributed by atoms with Gasteiger partial charge in [-0.25, -0.2) is 13.2 Å². The molecule has 1 aliphatic heterocycles. The average molecular weight is 246 g/mol. The van der Waals surface area contributed by atoms with Crippen LogP contribution in [0.15, 0.2) is 10.6 Å². The highest BCUT2D eigenvalue weighted by Crippen LogP contribution is 2.23. The molecule has 16 heavy (non-hydrogen) atoms. The molecule has 6 heteroatoms. The van der Waals surface area contributed by atoms with Gasteiger partial charge in [-0.15, -0.1) is 0 Å². The zero-order valence-corrected chi connectivity index (χ0v) is 10.9. The summed E-state index contributed by atoms with van der Waals surface area (Å²) in [4.78, 5) is 11.8. The SMILES string of the molecule is CCC(C)(C)NC(=O)NC1=C(C)S(=O)(=O)C1. The number of hydrogen-bond acceptors (Lipinski definition) is 3. The van der Waals surface area contributed by atoms with Crippen molar-refractivity contribution < 1.29 is 13.2 Å². The van der Waals surface area contributed by atoms with Crippen molar-refractivity contribution in [2.45, 2.75) is 39.7 Å². The molecule has 0 radical (unpaired) electrons. The molecule has 0 bridgehead atoms. The number of carbonyl (C=O) groups excluding carboxylic acids is 1. The largest absolute Gasteiger partial charge is 0.333 e. The number of urea groups is 1. The molecule has 0 atom stereocenters. The summed E-state index contributed by atoms with van der Waals surface area (Å²) in [5.74, 6) is -0.0706. The Balaban J connectivity index is 2.59. The molecule has 92 valence electrons. The molecular weight excluding hydrogens is 228 g/mol. The second kappa shape index (κ2) is 4.08. The standard InChI is InChI=1S/C10H18N2O3S/c1-5-10(3,4)12-9(13)11-8-6-16(14,15)7(8)2/h5-6H2,1-4H3,(H2,11,12,13). The smallest absolute Gasteiger partial charge is 0.319 e. The van der Waals surface area contributed by atoms with Crippen LogP contribution in [0.5, 0.6) is 0 Å². The van der Waals surface area contributed by atoms with Crippen LogP contribution in [0, 0.1) is 0 Å². The Morgan fingerprint density at radius 1 is 1.44 bits per heavy atom. The molecule has 0 fully saturated rings. The molecule has 0 unspecified atom stereocenters. The van der Waals surface area contributed by atoms with Gasteiger partial charge in [0.2, 0.25) is 0 Å². The minimum Gasteiger partial charge on any atom is -0.333 e. The molecule has 0 saturated heterocycles. The van der Waals surface area contributed by atoms with Gasteiger partial charge < -0.3 is 10.6 Å². The summed E-state index contributed by atoms with van der Waals surface area (Å²) in [5.41, 5.74) is 0.200. The molecule has 1 aliphatic rings. The highest BCUT2D eigenvalue weighted by Gasteiger charge is 2.32. The van der Waals surface area contributed by atoms with E-state index in [1.54, 1.807) is 0 Å². The van der Waals surface area contributed by atoms with Gasteiger partial charge in [0.05, 0.1) is 10.7 Å². The van der Waals surface area contributed by atoms with Crippen molar-refractivity contribution in [3.8, 4) is 0 Å². The van der Waals surface area contributed by atoms with Gasteiger partial charge in [0, 0.05) is 11.2 Å². The molecule has 0 saturated carbocycles. The monoisotopic (exact) mass is 246 g/mol. The average Bonchev–Trinajstić information content (AvgIpc) is 2.15. The zero-order chi connectivity index (χ0) is 12.6. The number of nitrogens with one attached hydrogen (secondary N) is 2. The van der Waals surface area contributed by atoms with Gasteiger partial charge >= 0.3 is 6.03 Å². The molecule has 0 aromatic rings. The summed E-state index contributed by atoms with van der Waals surface area (Å²) in [6.07, 6.45) is 0.802. The molecule has 1 rings (SSSR count). The number of carbonyl (C=O) groups is 1. The Bertz CT molecular complexity index is 435.